The molecule has 0 aliphatic carbocycles. The highest BCUT2D eigenvalue weighted by atomic mass is 32.2. The number of hydrogen-bond donors (Lipinski definition) is 2. The fraction of sp³-hybridized carbons (Fsp3) is 0.0769. The largest absolute Gasteiger partial charge is 0.301 e. The molecule has 0 atom stereocenters. The van der Waals surface area contributed by atoms with Crippen LogP contribution in [0, 0.1) is 0 Å². The smallest absolute Gasteiger partial charge is 0.251 e. The van der Waals surface area contributed by atoms with Crippen LogP contribution in [0.3, 0.4) is 0 Å². The predicted octanol–water partition coefficient (Wildman–Crippen LogP) is 2.11. The maximum atomic E-state index is 11.9. The number of rotatable bonds is 4. The van der Waals surface area contributed by atoms with Crippen LogP contribution >= 0.6 is 23.1 Å². The van der Waals surface area contributed by atoms with E-state index in [4.69, 9.17) is 0 Å². The molecule has 0 fully saturated rings. The molecule has 0 aliphatic heterocycles. The van der Waals surface area contributed by atoms with Gasteiger partial charge in [-0.05, 0) is 12.1 Å². The molecule has 0 saturated heterocycles. The van der Waals surface area contributed by atoms with Gasteiger partial charge in [0.05, 0.1) is 16.0 Å². The number of thiazole rings is 1. The number of anilines is 1. The summed E-state index contributed by atoms with van der Waals surface area (Å²) in [4.78, 5) is 33.8. The van der Waals surface area contributed by atoms with Gasteiger partial charge in [0, 0.05) is 12.3 Å². The molecule has 106 valence electrons. The second-order valence-electron chi connectivity index (χ2n) is 4.06. The van der Waals surface area contributed by atoms with Gasteiger partial charge in [-0.15, -0.1) is 0 Å². The normalized spacial score (nSPS) is 10.7. The van der Waals surface area contributed by atoms with Crippen LogP contribution in [-0.2, 0) is 4.79 Å². The van der Waals surface area contributed by atoms with Crippen molar-refractivity contribution in [2.24, 2.45) is 0 Å². The maximum Gasteiger partial charge on any atom is 0.251 e. The molecule has 0 unspecified atom stereocenters. The number of benzene rings is 1. The quantitative estimate of drug-likeness (QED) is 0.568. The van der Waals surface area contributed by atoms with Gasteiger partial charge in [0.2, 0.25) is 5.91 Å². The predicted molar refractivity (Wildman–Crippen MR) is 83.8 cm³/mol. The van der Waals surface area contributed by atoms with Gasteiger partial charge in [-0.25, -0.2) is 9.97 Å². The first-order chi connectivity index (χ1) is 10.2. The van der Waals surface area contributed by atoms with Crippen LogP contribution in [-0.4, -0.2) is 26.6 Å². The van der Waals surface area contributed by atoms with Gasteiger partial charge in [0.1, 0.15) is 0 Å². The van der Waals surface area contributed by atoms with Crippen molar-refractivity contribution in [2.75, 3.05) is 11.1 Å². The zero-order valence-corrected chi connectivity index (χ0v) is 12.3. The van der Waals surface area contributed by atoms with Gasteiger partial charge < -0.3 is 10.3 Å². The van der Waals surface area contributed by atoms with Gasteiger partial charge in [0.25, 0.3) is 5.56 Å². The summed E-state index contributed by atoms with van der Waals surface area (Å²) in [6, 6.07) is 9.01. The number of aromatic nitrogens is 3. The standard InChI is InChI=1S/C13H10N4O2S2/c18-10-5-6-14-12(16-10)20-7-11(19)17-13-15-8-3-1-2-4-9(8)21-13/h1-6H,7H2,(H,14,16,18)(H,15,17,19). The summed E-state index contributed by atoms with van der Waals surface area (Å²) in [5.41, 5.74) is 0.624. The maximum absolute atomic E-state index is 11.9. The fourth-order valence-corrected chi connectivity index (χ4v) is 3.17. The van der Waals surface area contributed by atoms with Crippen molar-refractivity contribution >= 4 is 44.4 Å². The summed E-state index contributed by atoms with van der Waals surface area (Å²) in [6.45, 7) is 0. The van der Waals surface area contributed by atoms with E-state index in [1.807, 2.05) is 24.3 Å². The Morgan fingerprint density at radius 2 is 2.19 bits per heavy atom. The van der Waals surface area contributed by atoms with Crippen molar-refractivity contribution in [2.45, 2.75) is 5.16 Å². The summed E-state index contributed by atoms with van der Waals surface area (Å²) >= 11 is 2.59. The van der Waals surface area contributed by atoms with Crippen LogP contribution in [0.1, 0.15) is 0 Å². The Kier molecular flexibility index (Phi) is 3.98. The highest BCUT2D eigenvalue weighted by molar-refractivity contribution is 7.99. The molecule has 8 heteroatoms. The van der Waals surface area contributed by atoms with Gasteiger partial charge >= 0.3 is 0 Å². The minimum atomic E-state index is -0.237. The Morgan fingerprint density at radius 3 is 3.00 bits per heavy atom. The Hall–Kier alpha value is -2.19. The Bertz CT molecular complexity index is 810. The van der Waals surface area contributed by atoms with Gasteiger partial charge in [0.15, 0.2) is 10.3 Å². The van der Waals surface area contributed by atoms with Crippen molar-refractivity contribution in [3.63, 3.8) is 0 Å². The number of fused-ring (bicyclic) bond motifs is 1. The molecule has 0 bridgehead atoms. The molecule has 0 radical (unpaired) electrons. The zero-order chi connectivity index (χ0) is 14.7. The lowest BCUT2D eigenvalue weighted by atomic mass is 10.3. The third-order valence-electron chi connectivity index (χ3n) is 2.53. The lowest BCUT2D eigenvalue weighted by Crippen LogP contribution is -2.14. The molecule has 1 aromatic carbocycles. The Labute approximate surface area is 127 Å². The van der Waals surface area contributed by atoms with E-state index in [1.54, 1.807) is 0 Å². The molecule has 2 aromatic heterocycles. The average Bonchev–Trinajstić information content (AvgIpc) is 2.87. The van der Waals surface area contributed by atoms with Crippen LogP contribution in [0.4, 0.5) is 5.13 Å². The highest BCUT2D eigenvalue weighted by Crippen LogP contribution is 2.25. The van der Waals surface area contributed by atoms with Crippen LogP contribution in [0.2, 0.25) is 0 Å². The zero-order valence-electron chi connectivity index (χ0n) is 10.7. The molecular formula is C13H10N4O2S2. The minimum Gasteiger partial charge on any atom is -0.301 e. The lowest BCUT2D eigenvalue weighted by Gasteiger charge is -2.00. The van der Waals surface area contributed by atoms with E-state index in [0.29, 0.717) is 10.3 Å². The number of carbonyl (C=O) groups excluding carboxylic acids is 1. The number of nitrogens with one attached hydrogen (secondary N) is 2. The lowest BCUT2D eigenvalue weighted by molar-refractivity contribution is -0.113. The van der Waals surface area contributed by atoms with Crippen molar-refractivity contribution in [1.82, 2.24) is 15.0 Å². The Morgan fingerprint density at radius 1 is 1.33 bits per heavy atom. The highest BCUT2D eigenvalue weighted by Gasteiger charge is 2.08. The number of H-pyrrole nitrogens is 1. The van der Waals surface area contributed by atoms with Crippen molar-refractivity contribution < 1.29 is 4.79 Å². The van der Waals surface area contributed by atoms with Crippen LogP contribution in [0.5, 0.6) is 0 Å². The van der Waals surface area contributed by atoms with Crippen LogP contribution in [0.15, 0.2) is 46.5 Å². The molecular weight excluding hydrogens is 308 g/mol. The number of hydrogen-bond acceptors (Lipinski definition) is 6. The minimum absolute atomic E-state index is 0.156. The van der Waals surface area contributed by atoms with Crippen LogP contribution < -0.4 is 10.9 Å². The third kappa shape index (κ3) is 3.47. The van der Waals surface area contributed by atoms with E-state index in [9.17, 15) is 9.59 Å². The monoisotopic (exact) mass is 318 g/mol. The van der Waals surface area contributed by atoms with Crippen molar-refractivity contribution in [1.29, 1.82) is 0 Å². The summed E-state index contributed by atoms with van der Waals surface area (Å²) in [7, 11) is 0. The second-order valence-corrected chi connectivity index (χ2v) is 6.06. The molecule has 0 spiro atoms. The fourth-order valence-electron chi connectivity index (χ4n) is 1.64. The number of aromatic amines is 1. The van der Waals surface area contributed by atoms with Crippen molar-refractivity contribution in [3.05, 3.63) is 46.9 Å². The summed E-state index contributed by atoms with van der Waals surface area (Å²) in [5.74, 6) is -0.0337. The van der Waals surface area contributed by atoms with Crippen LogP contribution in [0.25, 0.3) is 10.2 Å². The summed E-state index contributed by atoms with van der Waals surface area (Å²) in [6.07, 6.45) is 1.41. The first-order valence-electron chi connectivity index (χ1n) is 6.04. The number of thioether (sulfide) groups is 1. The molecule has 2 N–H and O–H groups in total. The van der Waals surface area contributed by atoms with Crippen molar-refractivity contribution in [3.8, 4) is 0 Å². The molecule has 1 amide bonds. The molecule has 21 heavy (non-hydrogen) atoms. The third-order valence-corrected chi connectivity index (χ3v) is 4.37. The van der Waals surface area contributed by atoms with Gasteiger partial charge in [-0.2, -0.15) is 0 Å². The molecule has 2 heterocycles. The van der Waals surface area contributed by atoms with E-state index in [-0.39, 0.29) is 17.2 Å². The molecule has 3 rings (SSSR count). The van der Waals surface area contributed by atoms with Gasteiger partial charge in [-0.1, -0.05) is 35.2 Å². The first-order valence-corrected chi connectivity index (χ1v) is 7.84. The van der Waals surface area contributed by atoms with Gasteiger partial charge in [-0.3, -0.25) is 9.59 Å². The van der Waals surface area contributed by atoms with E-state index < -0.39 is 0 Å². The van der Waals surface area contributed by atoms with E-state index in [2.05, 4.69) is 20.3 Å². The van der Waals surface area contributed by atoms with E-state index >= 15 is 0 Å². The molecule has 0 aliphatic rings. The topological polar surface area (TPSA) is 87.7 Å². The van der Waals surface area contributed by atoms with E-state index in [0.717, 1.165) is 10.2 Å². The summed E-state index contributed by atoms with van der Waals surface area (Å²) in [5, 5.41) is 3.73. The molecule has 3 aromatic rings. The Balaban J connectivity index is 1.62. The summed E-state index contributed by atoms with van der Waals surface area (Å²) < 4.78 is 1.02. The molecule has 0 saturated carbocycles. The number of nitrogens with zero attached hydrogens (tertiary/aromatic N) is 2. The second kappa shape index (κ2) is 6.06. The first kappa shape index (κ1) is 13.8. The number of carbonyl (C=O) groups is 1. The number of amides is 1. The molecule has 6 nitrogen and oxygen atoms in total. The van der Waals surface area contributed by atoms with E-state index in [1.165, 1.54) is 35.4 Å². The number of para-hydroxylation sites is 1. The average molecular weight is 318 g/mol. The SMILES string of the molecule is O=C(CSc1nccc(=O)[nH]1)Nc1nc2ccccc2s1.